The van der Waals surface area contributed by atoms with Crippen LogP contribution in [0.3, 0.4) is 0 Å². The molecule has 2 atom stereocenters. The number of carbonyl (C=O) groups is 2. The van der Waals surface area contributed by atoms with Crippen molar-refractivity contribution >= 4 is 34.1 Å². The van der Waals surface area contributed by atoms with Crippen LogP contribution in [0.1, 0.15) is 39.3 Å². The predicted molar refractivity (Wildman–Crippen MR) is 99.3 cm³/mol. The number of anilines is 2. The van der Waals surface area contributed by atoms with Crippen molar-refractivity contribution in [1.29, 1.82) is 0 Å². The van der Waals surface area contributed by atoms with Crippen LogP contribution in [-0.2, 0) is 24.7 Å². The van der Waals surface area contributed by atoms with E-state index in [2.05, 4.69) is 10.3 Å². The lowest BCUT2D eigenvalue weighted by atomic mass is 9.78. The molecule has 0 saturated carbocycles. The molecule has 6 nitrogen and oxygen atoms in total. The monoisotopic (exact) mass is 374 g/mol. The Hall–Kier alpha value is -2.41. The standard InChI is InChI=1S/C19H22N2O4S/c1-4-19(15(22)24-5-2)12-18(3,25-16(19)23)14-11-26-17(21-14)20-13-9-7-6-8-10-13/h6-11H,4-5,12H2,1-3H3,(H,20,21)/t18-,19+/m1/s1. The minimum Gasteiger partial charge on any atom is -0.465 e. The molecule has 1 aliphatic heterocycles. The predicted octanol–water partition coefficient (Wildman–Crippen LogP) is 4.01. The fourth-order valence-corrected chi connectivity index (χ4v) is 4.04. The van der Waals surface area contributed by atoms with E-state index in [1.807, 2.05) is 35.7 Å². The molecule has 1 aromatic carbocycles. The molecular formula is C19H22N2O4S. The van der Waals surface area contributed by atoms with E-state index in [4.69, 9.17) is 9.47 Å². The number of nitrogens with zero attached hydrogens (tertiary/aromatic N) is 1. The van der Waals surface area contributed by atoms with E-state index < -0.39 is 23.0 Å². The Morgan fingerprint density at radius 3 is 2.73 bits per heavy atom. The van der Waals surface area contributed by atoms with E-state index in [9.17, 15) is 9.59 Å². The number of carbonyl (C=O) groups excluding carboxylic acids is 2. The normalized spacial score (nSPS) is 25.0. The summed E-state index contributed by atoms with van der Waals surface area (Å²) < 4.78 is 10.8. The zero-order chi connectivity index (χ0) is 18.8. The van der Waals surface area contributed by atoms with Crippen LogP contribution in [0.2, 0.25) is 0 Å². The van der Waals surface area contributed by atoms with Gasteiger partial charge in [-0.25, -0.2) is 4.98 Å². The van der Waals surface area contributed by atoms with Gasteiger partial charge in [0.15, 0.2) is 16.1 Å². The summed E-state index contributed by atoms with van der Waals surface area (Å²) in [6.07, 6.45) is 0.558. The summed E-state index contributed by atoms with van der Waals surface area (Å²) in [6.45, 7) is 5.55. The van der Waals surface area contributed by atoms with Crippen LogP contribution in [0.15, 0.2) is 35.7 Å². The van der Waals surface area contributed by atoms with E-state index in [1.54, 1.807) is 20.8 Å². The van der Waals surface area contributed by atoms with Gasteiger partial charge >= 0.3 is 11.9 Å². The highest BCUT2D eigenvalue weighted by Gasteiger charge is 2.60. The Kier molecular flexibility index (Phi) is 5.00. The maximum atomic E-state index is 12.6. The van der Waals surface area contributed by atoms with Gasteiger partial charge < -0.3 is 14.8 Å². The van der Waals surface area contributed by atoms with Gasteiger partial charge in [0.05, 0.1) is 12.3 Å². The number of thiazole rings is 1. The third kappa shape index (κ3) is 3.19. The van der Waals surface area contributed by atoms with Crippen molar-refractivity contribution in [3.8, 4) is 0 Å². The molecule has 0 radical (unpaired) electrons. The molecule has 26 heavy (non-hydrogen) atoms. The first-order chi connectivity index (χ1) is 12.4. The van der Waals surface area contributed by atoms with Crippen molar-refractivity contribution in [3.63, 3.8) is 0 Å². The first-order valence-corrected chi connectivity index (χ1v) is 9.50. The highest BCUT2D eigenvalue weighted by atomic mass is 32.1. The highest BCUT2D eigenvalue weighted by molar-refractivity contribution is 7.13. The Morgan fingerprint density at radius 2 is 2.08 bits per heavy atom. The smallest absolute Gasteiger partial charge is 0.324 e. The van der Waals surface area contributed by atoms with Gasteiger partial charge in [-0.2, -0.15) is 0 Å². The van der Waals surface area contributed by atoms with Crippen LogP contribution in [0.25, 0.3) is 0 Å². The lowest BCUT2D eigenvalue weighted by molar-refractivity contribution is -0.166. The quantitative estimate of drug-likeness (QED) is 0.608. The van der Waals surface area contributed by atoms with Crippen molar-refractivity contribution < 1.29 is 19.1 Å². The Labute approximate surface area is 156 Å². The Balaban J connectivity index is 1.83. The van der Waals surface area contributed by atoms with Gasteiger partial charge in [0.2, 0.25) is 0 Å². The molecule has 1 fully saturated rings. The van der Waals surface area contributed by atoms with Crippen LogP contribution >= 0.6 is 11.3 Å². The summed E-state index contributed by atoms with van der Waals surface area (Å²) in [6, 6.07) is 9.71. The minimum atomic E-state index is -1.26. The molecule has 0 unspecified atom stereocenters. The number of ether oxygens (including phenoxy) is 2. The minimum absolute atomic E-state index is 0.225. The third-order valence-electron chi connectivity index (χ3n) is 4.69. The molecule has 7 heteroatoms. The van der Waals surface area contributed by atoms with Gasteiger partial charge in [0.1, 0.15) is 0 Å². The van der Waals surface area contributed by atoms with Gasteiger partial charge in [-0.15, -0.1) is 11.3 Å². The molecule has 1 saturated heterocycles. The summed E-state index contributed by atoms with van der Waals surface area (Å²) in [4.78, 5) is 29.6. The molecule has 1 N–H and O–H groups in total. The van der Waals surface area contributed by atoms with Crippen molar-refractivity contribution in [1.82, 2.24) is 4.98 Å². The molecule has 0 aliphatic carbocycles. The fourth-order valence-electron chi connectivity index (χ4n) is 3.19. The molecule has 1 aromatic heterocycles. The summed E-state index contributed by atoms with van der Waals surface area (Å²) in [5, 5.41) is 5.79. The number of benzene rings is 1. The fraction of sp³-hybridized carbons (Fsp3) is 0.421. The Morgan fingerprint density at radius 1 is 1.35 bits per heavy atom. The van der Waals surface area contributed by atoms with Gasteiger partial charge in [-0.1, -0.05) is 25.1 Å². The maximum absolute atomic E-state index is 12.6. The van der Waals surface area contributed by atoms with Gasteiger partial charge in [-0.3, -0.25) is 9.59 Å². The SMILES string of the molecule is CCOC(=O)[C@]1(CC)C[C@](C)(c2csc(Nc3ccccc3)n2)OC1=O. The second kappa shape index (κ2) is 7.07. The number of rotatable bonds is 6. The average molecular weight is 374 g/mol. The molecule has 1 aliphatic rings. The molecule has 0 spiro atoms. The molecule has 2 heterocycles. The summed E-state index contributed by atoms with van der Waals surface area (Å²) in [5.74, 6) is -1.05. The van der Waals surface area contributed by atoms with E-state index in [0.29, 0.717) is 17.2 Å². The van der Waals surface area contributed by atoms with E-state index >= 15 is 0 Å². The third-order valence-corrected chi connectivity index (χ3v) is 5.45. The number of para-hydroxylation sites is 1. The van der Waals surface area contributed by atoms with Crippen LogP contribution in [0.5, 0.6) is 0 Å². The number of hydrogen-bond acceptors (Lipinski definition) is 7. The molecular weight excluding hydrogens is 352 g/mol. The summed E-state index contributed by atoms with van der Waals surface area (Å²) >= 11 is 1.43. The van der Waals surface area contributed by atoms with Gasteiger partial charge in [0, 0.05) is 17.5 Å². The summed E-state index contributed by atoms with van der Waals surface area (Å²) in [5.41, 5.74) is -0.653. The number of nitrogens with one attached hydrogen (secondary N) is 1. The van der Waals surface area contributed by atoms with Gasteiger partial charge in [-0.05, 0) is 32.4 Å². The van der Waals surface area contributed by atoms with Crippen molar-refractivity contribution in [3.05, 3.63) is 41.4 Å². The zero-order valence-electron chi connectivity index (χ0n) is 15.1. The Bertz CT molecular complexity index is 807. The lowest BCUT2D eigenvalue weighted by Gasteiger charge is -2.23. The maximum Gasteiger partial charge on any atom is 0.324 e. The topological polar surface area (TPSA) is 77.5 Å². The van der Waals surface area contributed by atoms with Crippen molar-refractivity contribution in [2.45, 2.75) is 39.2 Å². The van der Waals surface area contributed by atoms with Gasteiger partial charge in [0.25, 0.3) is 0 Å². The first-order valence-electron chi connectivity index (χ1n) is 8.62. The highest BCUT2D eigenvalue weighted by Crippen LogP contribution is 2.49. The van der Waals surface area contributed by atoms with Crippen LogP contribution < -0.4 is 5.32 Å². The van der Waals surface area contributed by atoms with Crippen molar-refractivity contribution in [2.24, 2.45) is 5.41 Å². The average Bonchev–Trinajstić information content (AvgIpc) is 3.20. The summed E-state index contributed by atoms with van der Waals surface area (Å²) in [7, 11) is 0. The van der Waals surface area contributed by atoms with E-state index in [0.717, 1.165) is 5.69 Å². The largest absolute Gasteiger partial charge is 0.465 e. The van der Waals surface area contributed by atoms with E-state index in [-0.39, 0.29) is 13.0 Å². The second-order valence-corrected chi connectivity index (χ2v) is 7.34. The van der Waals surface area contributed by atoms with Crippen LogP contribution in [-0.4, -0.2) is 23.5 Å². The first kappa shape index (κ1) is 18.4. The molecule has 3 rings (SSSR count). The number of cyclic esters (lactones) is 1. The van der Waals surface area contributed by atoms with Crippen LogP contribution in [0, 0.1) is 5.41 Å². The number of aromatic nitrogens is 1. The van der Waals surface area contributed by atoms with Crippen LogP contribution in [0.4, 0.5) is 10.8 Å². The lowest BCUT2D eigenvalue weighted by Crippen LogP contribution is -2.37. The molecule has 0 bridgehead atoms. The van der Waals surface area contributed by atoms with E-state index in [1.165, 1.54) is 11.3 Å². The molecule has 138 valence electrons. The molecule has 2 aromatic rings. The zero-order valence-corrected chi connectivity index (χ0v) is 15.9. The number of hydrogen-bond donors (Lipinski definition) is 1. The molecule has 0 amide bonds. The second-order valence-electron chi connectivity index (χ2n) is 6.48. The van der Waals surface area contributed by atoms with Crippen molar-refractivity contribution in [2.75, 3.05) is 11.9 Å². The number of esters is 2.